The van der Waals surface area contributed by atoms with Crippen LogP contribution in [-0.4, -0.2) is 43.1 Å². The molecule has 2 heterocycles. The first-order valence-electron chi connectivity index (χ1n) is 7.42. The maximum absolute atomic E-state index is 15.3. The van der Waals surface area contributed by atoms with Gasteiger partial charge in [0.15, 0.2) is 11.9 Å². The molecule has 1 aliphatic rings. The first-order valence-corrected chi connectivity index (χ1v) is 7.42. The third-order valence-corrected chi connectivity index (χ3v) is 4.75. The van der Waals surface area contributed by atoms with Crippen LogP contribution in [-0.2, 0) is 9.53 Å². The standard InChI is InChI=1S/C15H21FN2O6/c1-13(2,11(20)21)7-8-15(4,23)14(3,16)10(24-8)18-6-5-9(19)17-12(18)22/h5-6,8,10,23H,7H2,1-4H3,(H,20,21)(H,17,19,22)/t8-,10+,14+,15+/m1/s1. The van der Waals surface area contributed by atoms with E-state index in [1.54, 1.807) is 0 Å². The summed E-state index contributed by atoms with van der Waals surface area (Å²) < 4.78 is 21.6. The number of halogens is 1. The zero-order valence-corrected chi connectivity index (χ0v) is 13.9. The number of nitrogens with zero attached hydrogens (tertiary/aromatic N) is 1. The molecule has 0 aliphatic carbocycles. The van der Waals surface area contributed by atoms with Crippen LogP contribution in [0.4, 0.5) is 4.39 Å². The number of aliphatic hydroxyl groups is 1. The summed E-state index contributed by atoms with van der Waals surface area (Å²) in [5.74, 6) is -1.12. The number of alkyl halides is 1. The Morgan fingerprint density at radius 1 is 1.46 bits per heavy atom. The predicted octanol–water partition coefficient (Wildman–Crippen LogP) is 0.414. The number of rotatable bonds is 4. The van der Waals surface area contributed by atoms with Crippen LogP contribution >= 0.6 is 0 Å². The van der Waals surface area contributed by atoms with Crippen LogP contribution in [0.3, 0.4) is 0 Å². The summed E-state index contributed by atoms with van der Waals surface area (Å²) in [6, 6.07) is 1.03. The minimum atomic E-state index is -2.39. The SMILES string of the molecule is CC(C)(C[C@H]1O[C@H](n2ccc(=O)[nH]c2=O)[C@](C)(F)[C@@]1(C)O)C(=O)O. The Morgan fingerprint density at radius 2 is 2.04 bits per heavy atom. The Kier molecular flexibility index (Phi) is 4.22. The highest BCUT2D eigenvalue weighted by Gasteiger charge is 2.64. The lowest BCUT2D eigenvalue weighted by Gasteiger charge is -2.34. The minimum absolute atomic E-state index is 0.163. The van der Waals surface area contributed by atoms with E-state index < -0.39 is 46.2 Å². The molecule has 3 N–H and O–H groups in total. The second-order valence-corrected chi connectivity index (χ2v) is 7.11. The van der Waals surface area contributed by atoms with E-state index >= 15 is 4.39 Å². The van der Waals surface area contributed by atoms with Crippen molar-refractivity contribution in [1.29, 1.82) is 0 Å². The molecule has 134 valence electrons. The van der Waals surface area contributed by atoms with Crippen LogP contribution in [0.25, 0.3) is 0 Å². The molecule has 9 heteroatoms. The zero-order valence-electron chi connectivity index (χ0n) is 13.9. The summed E-state index contributed by atoms with van der Waals surface area (Å²) in [5, 5.41) is 19.9. The number of aromatic nitrogens is 2. The largest absolute Gasteiger partial charge is 0.481 e. The third kappa shape index (κ3) is 2.78. The maximum atomic E-state index is 15.3. The summed E-state index contributed by atoms with van der Waals surface area (Å²) in [4.78, 5) is 36.4. The molecule has 24 heavy (non-hydrogen) atoms. The molecule has 4 atom stereocenters. The highest BCUT2D eigenvalue weighted by molar-refractivity contribution is 5.73. The van der Waals surface area contributed by atoms with Crippen molar-refractivity contribution in [3.05, 3.63) is 33.1 Å². The molecule has 0 bridgehead atoms. The van der Waals surface area contributed by atoms with Crippen molar-refractivity contribution in [2.75, 3.05) is 0 Å². The van der Waals surface area contributed by atoms with Crippen LogP contribution in [0.15, 0.2) is 21.9 Å². The number of hydrogen-bond acceptors (Lipinski definition) is 5. The number of carboxylic acid groups (broad SMARTS) is 1. The van der Waals surface area contributed by atoms with Gasteiger partial charge in [0.25, 0.3) is 5.56 Å². The quantitative estimate of drug-likeness (QED) is 0.727. The van der Waals surface area contributed by atoms with Gasteiger partial charge in [-0.2, -0.15) is 0 Å². The van der Waals surface area contributed by atoms with Crippen LogP contribution in [0.5, 0.6) is 0 Å². The van der Waals surface area contributed by atoms with Gasteiger partial charge in [-0.15, -0.1) is 0 Å². The second kappa shape index (κ2) is 5.52. The minimum Gasteiger partial charge on any atom is -0.481 e. The molecule has 1 aromatic heterocycles. The van der Waals surface area contributed by atoms with Gasteiger partial charge in [-0.05, 0) is 34.1 Å². The van der Waals surface area contributed by atoms with Gasteiger partial charge in [0.2, 0.25) is 0 Å². The van der Waals surface area contributed by atoms with Crippen LogP contribution in [0, 0.1) is 5.41 Å². The summed E-state index contributed by atoms with van der Waals surface area (Å²) in [5.41, 5.74) is -7.24. The molecule has 1 saturated heterocycles. The molecule has 0 radical (unpaired) electrons. The van der Waals surface area contributed by atoms with Crippen molar-refractivity contribution in [2.45, 2.75) is 57.7 Å². The topological polar surface area (TPSA) is 122 Å². The molecule has 0 aromatic carbocycles. The lowest BCUT2D eigenvalue weighted by Crippen LogP contribution is -2.53. The Bertz CT molecular complexity index is 764. The lowest BCUT2D eigenvalue weighted by atomic mass is 9.77. The molecule has 0 unspecified atom stereocenters. The van der Waals surface area contributed by atoms with Gasteiger partial charge in [-0.3, -0.25) is 19.1 Å². The number of nitrogens with one attached hydrogen (secondary N) is 1. The van der Waals surface area contributed by atoms with Crippen LogP contribution < -0.4 is 11.2 Å². The second-order valence-electron chi connectivity index (χ2n) is 7.11. The zero-order chi connectivity index (χ0) is 18.5. The Labute approximate surface area is 136 Å². The Balaban J connectivity index is 2.45. The number of H-pyrrole nitrogens is 1. The van der Waals surface area contributed by atoms with Crippen molar-refractivity contribution in [1.82, 2.24) is 9.55 Å². The predicted molar refractivity (Wildman–Crippen MR) is 81.4 cm³/mol. The third-order valence-electron chi connectivity index (χ3n) is 4.75. The molecule has 2 rings (SSSR count). The summed E-state index contributed by atoms with van der Waals surface area (Å²) >= 11 is 0. The number of carbonyl (C=O) groups is 1. The van der Waals surface area contributed by atoms with Crippen molar-refractivity contribution in [2.24, 2.45) is 5.41 Å². The average molecular weight is 344 g/mol. The van der Waals surface area contributed by atoms with Gasteiger partial charge < -0.3 is 14.9 Å². The fraction of sp³-hybridized carbons (Fsp3) is 0.667. The van der Waals surface area contributed by atoms with E-state index in [0.717, 1.165) is 23.8 Å². The molecular weight excluding hydrogens is 323 g/mol. The highest BCUT2D eigenvalue weighted by atomic mass is 19.1. The number of aliphatic carboxylic acids is 1. The number of hydrogen-bond donors (Lipinski definition) is 3. The molecule has 8 nitrogen and oxygen atoms in total. The van der Waals surface area contributed by atoms with E-state index in [1.165, 1.54) is 20.8 Å². The fourth-order valence-corrected chi connectivity index (χ4v) is 2.72. The smallest absolute Gasteiger partial charge is 0.330 e. The molecule has 1 fully saturated rings. The number of aromatic amines is 1. The van der Waals surface area contributed by atoms with E-state index in [0.29, 0.717) is 0 Å². The van der Waals surface area contributed by atoms with E-state index in [2.05, 4.69) is 0 Å². The van der Waals surface area contributed by atoms with Crippen molar-refractivity contribution in [3.8, 4) is 0 Å². The monoisotopic (exact) mass is 344 g/mol. The summed E-state index contributed by atoms with van der Waals surface area (Å²) in [6.45, 7) is 5.14. The molecule has 1 aliphatic heterocycles. The van der Waals surface area contributed by atoms with Gasteiger partial charge in [-0.25, -0.2) is 9.18 Å². The first-order chi connectivity index (χ1) is 10.8. The van der Waals surface area contributed by atoms with Crippen molar-refractivity contribution < 1.29 is 24.1 Å². The number of carboxylic acids is 1. The van der Waals surface area contributed by atoms with Gasteiger partial charge in [0, 0.05) is 12.3 Å². The Morgan fingerprint density at radius 3 is 2.54 bits per heavy atom. The normalized spacial score (nSPS) is 33.6. The van der Waals surface area contributed by atoms with Gasteiger partial charge in [0.05, 0.1) is 11.5 Å². The first kappa shape index (κ1) is 18.3. The molecule has 0 amide bonds. The summed E-state index contributed by atoms with van der Waals surface area (Å²) in [7, 11) is 0. The number of ether oxygens (including phenoxy) is 1. The van der Waals surface area contributed by atoms with E-state index in [-0.39, 0.29) is 6.42 Å². The van der Waals surface area contributed by atoms with Crippen molar-refractivity contribution in [3.63, 3.8) is 0 Å². The van der Waals surface area contributed by atoms with Gasteiger partial charge >= 0.3 is 11.7 Å². The average Bonchev–Trinajstić information content (AvgIpc) is 2.58. The molecular formula is C15H21FN2O6. The van der Waals surface area contributed by atoms with E-state index in [9.17, 15) is 24.6 Å². The summed E-state index contributed by atoms with van der Waals surface area (Å²) in [6.07, 6.45) is -1.76. The Hall–Kier alpha value is -2.00. The van der Waals surface area contributed by atoms with Gasteiger partial charge in [0.1, 0.15) is 5.60 Å². The van der Waals surface area contributed by atoms with Crippen LogP contribution in [0.1, 0.15) is 40.3 Å². The van der Waals surface area contributed by atoms with E-state index in [4.69, 9.17) is 4.74 Å². The van der Waals surface area contributed by atoms with Gasteiger partial charge in [-0.1, -0.05) is 0 Å². The molecule has 0 spiro atoms. The molecule has 0 saturated carbocycles. The highest BCUT2D eigenvalue weighted by Crippen LogP contribution is 2.50. The van der Waals surface area contributed by atoms with Crippen LogP contribution in [0.2, 0.25) is 0 Å². The van der Waals surface area contributed by atoms with Crippen molar-refractivity contribution >= 4 is 5.97 Å². The lowest BCUT2D eigenvalue weighted by molar-refractivity contribution is -0.151. The van der Waals surface area contributed by atoms with E-state index in [1.807, 2.05) is 4.98 Å². The molecule has 1 aromatic rings. The fourth-order valence-electron chi connectivity index (χ4n) is 2.72. The maximum Gasteiger partial charge on any atom is 0.330 e.